The summed E-state index contributed by atoms with van der Waals surface area (Å²) in [6.07, 6.45) is 7.92. The number of nitriles is 1. The minimum Gasteiger partial charge on any atom is -0.393 e. The Hall–Kier alpha value is -2.58. The van der Waals surface area contributed by atoms with Crippen molar-refractivity contribution in [2.24, 2.45) is 29.1 Å². The van der Waals surface area contributed by atoms with E-state index >= 15 is 0 Å². The van der Waals surface area contributed by atoms with Crippen molar-refractivity contribution in [3.8, 4) is 6.07 Å². The number of H-pyrrole nitrogens is 1. The molecule has 0 spiro atoms. The minimum absolute atomic E-state index is 0. The van der Waals surface area contributed by atoms with Crippen molar-refractivity contribution in [2.45, 2.75) is 341 Å². The van der Waals surface area contributed by atoms with Crippen molar-refractivity contribution < 1.29 is 58.1 Å². The normalized spacial score (nSPS) is 14.1. The SMILES string of the molecule is C.CC(C)(C)C.CC1CC(C)C1.CC1CC(F)(F)C1.CCC.CCC.CCC#N.CCC(C)(F)F.CCC(C)C.CCC(C)F.CCC(C)O.CCCC.CCCC.CCOC.CCSC.Cc1cccc(C(F)(F)F)c1.Cc1ncc(C(F)(F)F)[nH]1. The number of aliphatic hydroxyl groups excluding tert-OH is 1. The van der Waals surface area contributed by atoms with E-state index in [2.05, 4.69) is 146 Å². The number of hydrogen-bond donors (Lipinski definition) is 2. The summed E-state index contributed by atoms with van der Waals surface area (Å²) in [4.78, 5) is 5.49. The molecule has 2 atom stereocenters. The number of halogens is 11. The van der Waals surface area contributed by atoms with Gasteiger partial charge in [-0.05, 0) is 114 Å². The molecule has 2 aliphatic carbocycles. The van der Waals surface area contributed by atoms with E-state index in [9.17, 15) is 48.3 Å². The number of ether oxygens (including phenoxy) is 1. The van der Waals surface area contributed by atoms with Crippen molar-refractivity contribution >= 4 is 11.8 Å². The van der Waals surface area contributed by atoms with Crippen molar-refractivity contribution in [1.29, 1.82) is 5.26 Å². The van der Waals surface area contributed by atoms with E-state index in [4.69, 9.17) is 10.4 Å². The molecule has 1 aromatic heterocycles. The van der Waals surface area contributed by atoms with Crippen LogP contribution in [0.4, 0.5) is 48.3 Å². The fourth-order valence-electron chi connectivity index (χ4n) is 3.65. The summed E-state index contributed by atoms with van der Waals surface area (Å²) in [6.45, 7) is 58.4. The van der Waals surface area contributed by atoms with Gasteiger partial charge in [-0.25, -0.2) is 26.9 Å². The summed E-state index contributed by atoms with van der Waals surface area (Å²) in [5.74, 6) is -0.0308. The van der Waals surface area contributed by atoms with E-state index in [1.54, 1.807) is 33.9 Å². The molecule has 1 heterocycles. The number of aliphatic hydroxyl groups is 1. The van der Waals surface area contributed by atoms with Crippen LogP contribution >= 0.6 is 11.8 Å². The predicted molar refractivity (Wildman–Crippen MR) is 367 cm³/mol. The molecule has 2 unspecified atom stereocenters. The third kappa shape index (κ3) is 151. The Kier molecular flexibility index (Phi) is 105. The van der Waals surface area contributed by atoms with Gasteiger partial charge in [-0.1, -0.05) is 235 Å². The van der Waals surface area contributed by atoms with E-state index < -0.39 is 41.6 Å². The first-order chi connectivity index (χ1) is 39.2. The van der Waals surface area contributed by atoms with Crippen LogP contribution in [0.25, 0.3) is 0 Å². The van der Waals surface area contributed by atoms with Crippen molar-refractivity contribution in [3.05, 3.63) is 53.1 Å². The summed E-state index contributed by atoms with van der Waals surface area (Å²) in [7, 11) is 1.68. The molecule has 17 heteroatoms. The lowest BCUT2D eigenvalue weighted by atomic mass is 9.78. The molecule has 0 saturated heterocycles. The smallest absolute Gasteiger partial charge is 0.393 e. The molecule has 2 N–H and O–H groups in total. The monoisotopic (exact) mass is 1300 g/mol. The number of aromatic nitrogens is 2. The Labute approximate surface area is 538 Å². The molecule has 1 aromatic carbocycles. The average molecular weight is 1300 g/mol. The molecule has 0 radical (unpaired) electrons. The van der Waals surface area contributed by atoms with Gasteiger partial charge in [0.05, 0.1) is 30.1 Å². The van der Waals surface area contributed by atoms with Gasteiger partial charge in [0.1, 0.15) is 11.5 Å². The molecule has 4 rings (SSSR count). The molecule has 534 valence electrons. The summed E-state index contributed by atoms with van der Waals surface area (Å²) in [5, 5.41) is 16.0. The zero-order chi connectivity index (χ0) is 71.4. The first-order valence-corrected chi connectivity index (χ1v) is 33.2. The number of hydrogen-bond acceptors (Lipinski definition) is 5. The molecular formula is C70H144F11N3O2S. The van der Waals surface area contributed by atoms with Gasteiger partial charge in [-0.15, -0.1) is 0 Å². The van der Waals surface area contributed by atoms with E-state index in [0.29, 0.717) is 23.8 Å². The highest BCUT2D eigenvalue weighted by atomic mass is 32.2. The predicted octanol–water partition coefficient (Wildman–Crippen LogP) is 27.6. The molecule has 2 saturated carbocycles. The number of nitrogens with one attached hydrogen (secondary N) is 1. The maximum Gasteiger partial charge on any atom is 0.432 e. The molecule has 0 bridgehead atoms. The van der Waals surface area contributed by atoms with Gasteiger partial charge in [0.2, 0.25) is 11.8 Å². The van der Waals surface area contributed by atoms with Crippen LogP contribution in [0.5, 0.6) is 0 Å². The Morgan fingerprint density at radius 1 is 0.690 bits per heavy atom. The van der Waals surface area contributed by atoms with E-state index in [1.807, 2.05) is 52.4 Å². The standard InChI is InChI=1S/C8H7F3.C6H12.C5H5F3N2.C5H8F2.2C5H12.C4H8F2.C4H9F.C4H10O.2C4H10.C3H5N.C3H8O.C3H8S.2C3H8.CH4/c1-6-3-2-4-7(5-6)8(9,10)11;1-5-3-6(2)4-5;1-3-9-2-4(10-3)5(6,7)8;1-4-2-5(6,7)3-4;1-5(2,3)4;1-4-5(2)3;1-3-4(2,5)6;2*1-3-4(2)5;2*1-3-4-2;1-2-3-4;2*1-3-4-2;2*1-3-2;/h2-5H,1H3;5-6H,3-4H2,1-2H3;2H,1H3,(H,9,10);4H,2-3H2,1H3;1-4H3;5H,4H2,1-3H3;3H2,1-2H3;4H,3H2,1-2H3;4-5H,3H2,1-2H3;2*3-4H2,1-2H3;2H2,1H3;2*3H2,1-2H3;2*3H2,1-2H3;1H4. The van der Waals surface area contributed by atoms with Crippen molar-refractivity contribution in [3.63, 3.8) is 0 Å². The number of rotatable bonds is 8. The Balaban J connectivity index is -0.0000000620. The number of unbranched alkanes of at least 4 members (excludes halogenated alkanes) is 2. The van der Waals surface area contributed by atoms with E-state index in [1.165, 1.54) is 83.5 Å². The summed E-state index contributed by atoms with van der Waals surface area (Å²) < 4.78 is 134. The third-order valence-electron chi connectivity index (χ3n) is 9.58. The number of benzene rings is 1. The molecule has 0 amide bonds. The maximum atomic E-state index is 12.0. The highest BCUT2D eigenvalue weighted by Gasteiger charge is 2.42. The maximum absolute atomic E-state index is 12.0. The van der Waals surface area contributed by atoms with Crippen molar-refractivity contribution in [2.75, 3.05) is 25.7 Å². The van der Waals surface area contributed by atoms with Crippen LogP contribution in [0.1, 0.15) is 313 Å². The summed E-state index contributed by atoms with van der Waals surface area (Å²) in [5.41, 5.74) is -0.262. The van der Waals surface area contributed by atoms with E-state index in [-0.39, 0.29) is 44.5 Å². The largest absolute Gasteiger partial charge is 0.432 e. The zero-order valence-corrected chi connectivity index (χ0v) is 62.0. The number of imidazole rings is 1. The van der Waals surface area contributed by atoms with Gasteiger partial charge in [0.25, 0.3) is 0 Å². The van der Waals surface area contributed by atoms with E-state index in [0.717, 1.165) is 56.0 Å². The molecular weight excluding hydrogens is 1160 g/mol. The van der Waals surface area contributed by atoms with Crippen LogP contribution in [-0.4, -0.2) is 64.9 Å². The number of nitrogens with zero attached hydrogens (tertiary/aromatic N) is 2. The fraction of sp³-hybridized carbons (Fsp3) is 0.857. The zero-order valence-electron chi connectivity index (χ0n) is 61.2. The van der Waals surface area contributed by atoms with Crippen LogP contribution < -0.4 is 0 Å². The molecule has 5 nitrogen and oxygen atoms in total. The van der Waals surface area contributed by atoms with Gasteiger partial charge in [0, 0.05) is 39.4 Å². The van der Waals surface area contributed by atoms with Gasteiger partial charge < -0.3 is 14.8 Å². The van der Waals surface area contributed by atoms with Crippen LogP contribution in [0, 0.1) is 54.3 Å². The number of methoxy groups -OCH3 is 1. The number of thioether (sulfide) groups is 1. The summed E-state index contributed by atoms with van der Waals surface area (Å²) >= 11 is 1.86. The topological polar surface area (TPSA) is 81.9 Å². The Morgan fingerprint density at radius 2 is 0.989 bits per heavy atom. The Bertz CT molecular complexity index is 1480. The van der Waals surface area contributed by atoms with Gasteiger partial charge >= 0.3 is 12.4 Å². The second-order valence-electron chi connectivity index (χ2n) is 23.1. The third-order valence-corrected chi connectivity index (χ3v) is 10.2. The van der Waals surface area contributed by atoms with Crippen LogP contribution in [0.15, 0.2) is 30.5 Å². The lowest BCUT2D eigenvalue weighted by Crippen LogP contribution is -2.33. The van der Waals surface area contributed by atoms with Crippen LogP contribution in [0.2, 0.25) is 0 Å². The highest BCUT2D eigenvalue weighted by molar-refractivity contribution is 7.98. The lowest BCUT2D eigenvalue weighted by molar-refractivity contribution is -0.141. The van der Waals surface area contributed by atoms with Crippen LogP contribution in [0.3, 0.4) is 0 Å². The fourth-order valence-corrected chi connectivity index (χ4v) is 3.65. The lowest BCUT2D eigenvalue weighted by Gasteiger charge is -2.31. The highest BCUT2D eigenvalue weighted by Crippen LogP contribution is 2.41. The van der Waals surface area contributed by atoms with Gasteiger partial charge in [-0.3, -0.25) is 0 Å². The number of aromatic amines is 1. The molecule has 2 fully saturated rings. The quantitative estimate of drug-likeness (QED) is 0.257. The average Bonchev–Trinajstić information content (AvgIpc) is 3.86. The van der Waals surface area contributed by atoms with Crippen molar-refractivity contribution in [1.82, 2.24) is 9.97 Å². The molecule has 2 aromatic rings. The Morgan fingerprint density at radius 3 is 1.06 bits per heavy atom. The van der Waals surface area contributed by atoms with Crippen LogP contribution in [-0.2, 0) is 17.1 Å². The molecule has 2 aliphatic rings. The minimum atomic E-state index is -4.30. The molecule has 0 aliphatic heterocycles. The first kappa shape index (κ1) is 115. The molecule has 87 heavy (non-hydrogen) atoms. The first-order valence-electron chi connectivity index (χ1n) is 31.8. The van der Waals surface area contributed by atoms with Gasteiger partial charge in [0.15, 0.2) is 0 Å². The van der Waals surface area contributed by atoms with Gasteiger partial charge in [-0.2, -0.15) is 43.4 Å². The second kappa shape index (κ2) is 79.5. The second-order valence-corrected chi connectivity index (χ2v) is 24.2. The number of aryl methyl sites for hydroxylation is 2. The summed E-state index contributed by atoms with van der Waals surface area (Å²) in [6, 6.07) is 7.15. The number of alkyl halides is 11.